The second-order valence-corrected chi connectivity index (χ2v) is 3.24. The average molecular weight is 181 g/mol. The van der Waals surface area contributed by atoms with Crippen molar-refractivity contribution in [3.63, 3.8) is 0 Å². The van der Waals surface area contributed by atoms with E-state index in [4.69, 9.17) is 5.73 Å². The molecule has 0 radical (unpaired) electrons. The number of benzene rings is 1. The number of nitrogens with zero attached hydrogens (tertiary/aromatic N) is 1. The van der Waals surface area contributed by atoms with Crippen molar-refractivity contribution in [1.29, 1.82) is 0 Å². The standard InChI is InChI=1S/C9H12FN3/c1-13-3-2-12-8-5-7(11)6(10)4-9(8)13/h4-5,12H,2-3,11H2,1H3. The zero-order chi connectivity index (χ0) is 9.42. The van der Waals surface area contributed by atoms with Crippen LogP contribution in [0.15, 0.2) is 12.1 Å². The number of hydrogen-bond acceptors (Lipinski definition) is 3. The maximum atomic E-state index is 13.1. The molecular weight excluding hydrogens is 169 g/mol. The summed E-state index contributed by atoms with van der Waals surface area (Å²) < 4.78 is 13.1. The molecule has 1 aromatic carbocycles. The minimum atomic E-state index is -0.352. The highest BCUT2D eigenvalue weighted by atomic mass is 19.1. The van der Waals surface area contributed by atoms with Crippen LogP contribution in [0, 0.1) is 5.82 Å². The zero-order valence-electron chi connectivity index (χ0n) is 7.47. The van der Waals surface area contributed by atoms with Gasteiger partial charge in [-0.25, -0.2) is 4.39 Å². The number of fused-ring (bicyclic) bond motifs is 1. The second-order valence-electron chi connectivity index (χ2n) is 3.24. The molecule has 1 aromatic rings. The van der Waals surface area contributed by atoms with Crippen LogP contribution >= 0.6 is 0 Å². The number of rotatable bonds is 0. The fourth-order valence-corrected chi connectivity index (χ4v) is 1.52. The first-order chi connectivity index (χ1) is 6.18. The van der Waals surface area contributed by atoms with E-state index in [9.17, 15) is 4.39 Å². The molecule has 3 N–H and O–H groups in total. The fraction of sp³-hybridized carbons (Fsp3) is 0.333. The smallest absolute Gasteiger partial charge is 0.148 e. The van der Waals surface area contributed by atoms with E-state index in [0.717, 1.165) is 24.5 Å². The van der Waals surface area contributed by atoms with Crippen molar-refractivity contribution in [2.24, 2.45) is 0 Å². The van der Waals surface area contributed by atoms with Gasteiger partial charge in [-0.2, -0.15) is 0 Å². The number of likely N-dealkylation sites (N-methyl/N-ethyl adjacent to an activating group) is 1. The number of halogens is 1. The van der Waals surface area contributed by atoms with E-state index in [0.29, 0.717) is 0 Å². The van der Waals surface area contributed by atoms with Crippen LogP contribution in [0.5, 0.6) is 0 Å². The Kier molecular flexibility index (Phi) is 1.76. The van der Waals surface area contributed by atoms with Crippen LogP contribution in [0.3, 0.4) is 0 Å². The molecule has 1 heterocycles. The molecule has 3 nitrogen and oxygen atoms in total. The van der Waals surface area contributed by atoms with Crippen molar-refractivity contribution in [2.75, 3.05) is 36.1 Å². The first kappa shape index (κ1) is 8.16. The second kappa shape index (κ2) is 2.80. The maximum absolute atomic E-state index is 13.1. The molecule has 1 aliphatic rings. The molecule has 1 aliphatic heterocycles. The summed E-state index contributed by atoms with van der Waals surface area (Å²) in [5.41, 5.74) is 7.43. The quantitative estimate of drug-likeness (QED) is 0.592. The fourth-order valence-electron chi connectivity index (χ4n) is 1.52. The minimum absolute atomic E-state index is 0.196. The van der Waals surface area contributed by atoms with Gasteiger partial charge in [0.05, 0.1) is 17.1 Å². The van der Waals surface area contributed by atoms with E-state index in [1.54, 1.807) is 6.07 Å². The zero-order valence-corrected chi connectivity index (χ0v) is 7.47. The average Bonchev–Trinajstić information content (AvgIpc) is 2.09. The van der Waals surface area contributed by atoms with Gasteiger partial charge < -0.3 is 16.0 Å². The largest absolute Gasteiger partial charge is 0.396 e. The summed E-state index contributed by atoms with van der Waals surface area (Å²) >= 11 is 0. The number of nitrogens with two attached hydrogens (primary N) is 1. The molecule has 0 aromatic heterocycles. The van der Waals surface area contributed by atoms with Gasteiger partial charge in [0.25, 0.3) is 0 Å². The maximum Gasteiger partial charge on any atom is 0.148 e. The van der Waals surface area contributed by atoms with E-state index < -0.39 is 0 Å². The summed E-state index contributed by atoms with van der Waals surface area (Å²) in [5, 5.41) is 3.17. The Labute approximate surface area is 76.3 Å². The van der Waals surface area contributed by atoms with Gasteiger partial charge >= 0.3 is 0 Å². The number of hydrogen-bond donors (Lipinski definition) is 2. The van der Waals surface area contributed by atoms with E-state index in [1.165, 1.54) is 6.07 Å². The van der Waals surface area contributed by atoms with Crippen molar-refractivity contribution in [1.82, 2.24) is 0 Å². The first-order valence-electron chi connectivity index (χ1n) is 4.22. The molecule has 0 unspecified atom stereocenters. The van der Waals surface area contributed by atoms with Gasteiger partial charge in [0.1, 0.15) is 5.82 Å². The highest BCUT2D eigenvalue weighted by molar-refractivity contribution is 5.75. The highest BCUT2D eigenvalue weighted by Crippen LogP contribution is 2.31. The van der Waals surface area contributed by atoms with Gasteiger partial charge in [-0.05, 0) is 6.07 Å². The molecule has 2 rings (SSSR count). The van der Waals surface area contributed by atoms with Gasteiger partial charge in [-0.15, -0.1) is 0 Å². The lowest BCUT2D eigenvalue weighted by atomic mass is 10.2. The van der Waals surface area contributed by atoms with Crippen molar-refractivity contribution in [2.45, 2.75) is 0 Å². The monoisotopic (exact) mass is 181 g/mol. The Morgan fingerprint density at radius 1 is 1.54 bits per heavy atom. The third-order valence-electron chi connectivity index (χ3n) is 2.29. The van der Waals surface area contributed by atoms with Crippen molar-refractivity contribution >= 4 is 17.1 Å². The van der Waals surface area contributed by atoms with Crippen LogP contribution in [-0.2, 0) is 0 Å². The predicted octanol–water partition coefficient (Wildman–Crippen LogP) is 1.27. The summed E-state index contributed by atoms with van der Waals surface area (Å²) in [7, 11) is 1.94. The topological polar surface area (TPSA) is 41.3 Å². The van der Waals surface area contributed by atoms with Crippen LogP contribution in [0.2, 0.25) is 0 Å². The summed E-state index contributed by atoms with van der Waals surface area (Å²) in [6.07, 6.45) is 0. The van der Waals surface area contributed by atoms with Crippen LogP contribution in [0.1, 0.15) is 0 Å². The van der Waals surface area contributed by atoms with E-state index in [1.807, 2.05) is 11.9 Å². The Morgan fingerprint density at radius 3 is 3.08 bits per heavy atom. The van der Waals surface area contributed by atoms with Crippen LogP contribution < -0.4 is 16.0 Å². The Hall–Kier alpha value is -1.45. The molecule has 0 fully saturated rings. The summed E-state index contributed by atoms with van der Waals surface area (Å²) in [4.78, 5) is 2.01. The van der Waals surface area contributed by atoms with Gasteiger partial charge in [0.15, 0.2) is 0 Å². The lowest BCUT2D eigenvalue weighted by Crippen LogP contribution is -2.30. The molecule has 0 atom stereocenters. The Balaban J connectivity index is 2.52. The minimum Gasteiger partial charge on any atom is -0.396 e. The number of nitrogens with one attached hydrogen (secondary N) is 1. The SMILES string of the molecule is CN1CCNc2cc(N)c(F)cc21. The summed E-state index contributed by atoms with van der Waals surface area (Å²) in [6, 6.07) is 3.11. The Morgan fingerprint density at radius 2 is 2.31 bits per heavy atom. The van der Waals surface area contributed by atoms with Crippen LogP contribution in [0.4, 0.5) is 21.5 Å². The third-order valence-corrected chi connectivity index (χ3v) is 2.29. The van der Waals surface area contributed by atoms with E-state index in [-0.39, 0.29) is 11.5 Å². The lowest BCUT2D eigenvalue weighted by Gasteiger charge is -2.28. The molecule has 0 spiro atoms. The van der Waals surface area contributed by atoms with Crippen molar-refractivity contribution in [3.8, 4) is 0 Å². The van der Waals surface area contributed by atoms with Crippen LogP contribution in [0.25, 0.3) is 0 Å². The number of nitrogen functional groups attached to an aromatic ring is 1. The predicted molar refractivity (Wildman–Crippen MR) is 52.6 cm³/mol. The summed E-state index contributed by atoms with van der Waals surface area (Å²) in [6.45, 7) is 1.75. The normalized spacial score (nSPS) is 15.1. The third kappa shape index (κ3) is 1.28. The molecule has 4 heteroatoms. The molecule has 0 saturated carbocycles. The molecule has 0 bridgehead atoms. The lowest BCUT2D eigenvalue weighted by molar-refractivity contribution is 0.631. The van der Waals surface area contributed by atoms with E-state index in [2.05, 4.69) is 5.32 Å². The van der Waals surface area contributed by atoms with Crippen molar-refractivity contribution in [3.05, 3.63) is 17.9 Å². The van der Waals surface area contributed by atoms with Crippen LogP contribution in [-0.4, -0.2) is 20.1 Å². The highest BCUT2D eigenvalue weighted by Gasteiger charge is 2.15. The van der Waals surface area contributed by atoms with Gasteiger partial charge in [0, 0.05) is 26.2 Å². The van der Waals surface area contributed by atoms with Crippen molar-refractivity contribution < 1.29 is 4.39 Å². The molecule has 0 amide bonds. The molecule has 0 aliphatic carbocycles. The first-order valence-corrected chi connectivity index (χ1v) is 4.22. The number of anilines is 3. The van der Waals surface area contributed by atoms with Gasteiger partial charge in [-0.1, -0.05) is 0 Å². The molecule has 13 heavy (non-hydrogen) atoms. The van der Waals surface area contributed by atoms with Gasteiger partial charge in [-0.3, -0.25) is 0 Å². The molecule has 70 valence electrons. The molecular formula is C9H12FN3. The molecule has 0 saturated heterocycles. The summed E-state index contributed by atoms with van der Waals surface area (Å²) in [5.74, 6) is -0.352. The van der Waals surface area contributed by atoms with Gasteiger partial charge in [0.2, 0.25) is 0 Å². The van der Waals surface area contributed by atoms with E-state index >= 15 is 0 Å². The Bertz CT molecular complexity index is 338.